The number of Topliss-reactive ketones (excluding diaryl/α,β-unsaturated/α-hetero) is 1. The van der Waals surface area contributed by atoms with Crippen molar-refractivity contribution in [2.24, 2.45) is 23.7 Å². The molecule has 1 aliphatic carbocycles. The second-order valence-electron chi connectivity index (χ2n) is 5.82. The van der Waals surface area contributed by atoms with Crippen molar-refractivity contribution in [1.82, 2.24) is 0 Å². The maximum absolute atomic E-state index is 12.7. The molecule has 0 aromatic rings. The Morgan fingerprint density at radius 1 is 1.37 bits per heavy atom. The molecule has 0 amide bonds. The third kappa shape index (κ3) is 4.52. The van der Waals surface area contributed by atoms with Crippen molar-refractivity contribution < 1.29 is 18.0 Å². The van der Waals surface area contributed by atoms with E-state index in [-0.39, 0.29) is 24.5 Å². The van der Waals surface area contributed by atoms with E-state index in [0.717, 1.165) is 0 Å². The molecule has 0 saturated heterocycles. The van der Waals surface area contributed by atoms with E-state index in [1.165, 1.54) is 0 Å². The van der Waals surface area contributed by atoms with E-state index in [0.29, 0.717) is 19.3 Å². The summed E-state index contributed by atoms with van der Waals surface area (Å²) in [6.07, 6.45) is -2.92. The van der Waals surface area contributed by atoms with Crippen molar-refractivity contribution in [1.29, 1.82) is 5.26 Å². The standard InChI is InChI=1S/C14H20F3NO/c1-9(2)6-11(8-18)13(19)10-4-3-5-12(7-10)14(15,16)17/h9-12H,3-7H2,1-2H3. The third-order valence-electron chi connectivity index (χ3n) is 3.75. The molecule has 1 fully saturated rings. The zero-order valence-corrected chi connectivity index (χ0v) is 11.3. The second-order valence-corrected chi connectivity index (χ2v) is 5.82. The number of ketones is 1. The van der Waals surface area contributed by atoms with Crippen LogP contribution in [0.3, 0.4) is 0 Å². The van der Waals surface area contributed by atoms with Crippen LogP contribution in [0.25, 0.3) is 0 Å². The lowest BCUT2D eigenvalue weighted by atomic mass is 9.75. The summed E-state index contributed by atoms with van der Waals surface area (Å²) < 4.78 is 38.1. The monoisotopic (exact) mass is 275 g/mol. The molecule has 0 aliphatic heterocycles. The van der Waals surface area contributed by atoms with Crippen LogP contribution in [0.15, 0.2) is 0 Å². The predicted molar refractivity (Wildman–Crippen MR) is 65.1 cm³/mol. The molecule has 0 spiro atoms. The molecule has 0 radical (unpaired) electrons. The lowest BCUT2D eigenvalue weighted by Gasteiger charge is -2.30. The molecule has 0 N–H and O–H groups in total. The fourth-order valence-electron chi connectivity index (χ4n) is 2.73. The summed E-state index contributed by atoms with van der Waals surface area (Å²) in [6.45, 7) is 3.80. The minimum Gasteiger partial charge on any atom is -0.298 e. The summed E-state index contributed by atoms with van der Waals surface area (Å²) in [7, 11) is 0. The number of carbonyl (C=O) groups is 1. The number of alkyl halides is 3. The number of carbonyl (C=O) groups excluding carboxylic acids is 1. The van der Waals surface area contributed by atoms with Crippen LogP contribution >= 0.6 is 0 Å². The van der Waals surface area contributed by atoms with E-state index < -0.39 is 23.9 Å². The topological polar surface area (TPSA) is 40.9 Å². The summed E-state index contributed by atoms with van der Waals surface area (Å²) in [5, 5.41) is 9.01. The van der Waals surface area contributed by atoms with Crippen molar-refractivity contribution in [3.8, 4) is 6.07 Å². The van der Waals surface area contributed by atoms with E-state index >= 15 is 0 Å². The largest absolute Gasteiger partial charge is 0.391 e. The van der Waals surface area contributed by atoms with E-state index in [2.05, 4.69) is 0 Å². The smallest absolute Gasteiger partial charge is 0.298 e. The number of nitrogens with zero attached hydrogens (tertiary/aromatic N) is 1. The summed E-state index contributed by atoms with van der Waals surface area (Å²) in [6, 6.07) is 1.95. The van der Waals surface area contributed by atoms with Gasteiger partial charge in [-0.25, -0.2) is 0 Å². The van der Waals surface area contributed by atoms with Crippen molar-refractivity contribution >= 4 is 5.78 Å². The van der Waals surface area contributed by atoms with Gasteiger partial charge in [-0.1, -0.05) is 20.3 Å². The van der Waals surface area contributed by atoms with E-state index in [9.17, 15) is 18.0 Å². The SMILES string of the molecule is CC(C)CC(C#N)C(=O)C1CCCC(C(F)(F)F)C1. The molecule has 3 atom stereocenters. The van der Waals surface area contributed by atoms with Crippen molar-refractivity contribution in [2.45, 2.75) is 52.1 Å². The Kier molecular flexibility index (Phi) is 5.39. The lowest BCUT2D eigenvalue weighted by molar-refractivity contribution is -0.186. The zero-order chi connectivity index (χ0) is 14.6. The highest BCUT2D eigenvalue weighted by atomic mass is 19.4. The summed E-state index contributed by atoms with van der Waals surface area (Å²) in [4.78, 5) is 12.1. The Morgan fingerprint density at radius 2 is 2.00 bits per heavy atom. The van der Waals surface area contributed by atoms with Gasteiger partial charge < -0.3 is 0 Å². The van der Waals surface area contributed by atoms with Crippen molar-refractivity contribution in [3.63, 3.8) is 0 Å². The van der Waals surface area contributed by atoms with Gasteiger partial charge in [-0.15, -0.1) is 0 Å². The quantitative estimate of drug-likeness (QED) is 0.774. The first kappa shape index (κ1) is 16.0. The number of hydrogen-bond donors (Lipinski definition) is 0. The number of hydrogen-bond acceptors (Lipinski definition) is 2. The van der Waals surface area contributed by atoms with Gasteiger partial charge in [-0.2, -0.15) is 18.4 Å². The van der Waals surface area contributed by atoms with Crippen LogP contribution in [0.4, 0.5) is 13.2 Å². The number of halogens is 3. The van der Waals surface area contributed by atoms with Gasteiger partial charge in [0, 0.05) is 5.92 Å². The van der Waals surface area contributed by atoms with Gasteiger partial charge in [0.15, 0.2) is 5.78 Å². The zero-order valence-electron chi connectivity index (χ0n) is 11.3. The van der Waals surface area contributed by atoms with Gasteiger partial charge in [0.25, 0.3) is 0 Å². The summed E-state index contributed by atoms with van der Waals surface area (Å²) in [5.41, 5.74) is 0. The van der Waals surface area contributed by atoms with Crippen LogP contribution in [0.5, 0.6) is 0 Å². The maximum Gasteiger partial charge on any atom is 0.391 e. The molecule has 1 saturated carbocycles. The van der Waals surface area contributed by atoms with Gasteiger partial charge in [0.1, 0.15) is 5.92 Å². The molecule has 0 heterocycles. The van der Waals surface area contributed by atoms with Crippen LogP contribution in [0, 0.1) is 35.0 Å². The van der Waals surface area contributed by atoms with Gasteiger partial charge >= 0.3 is 6.18 Å². The third-order valence-corrected chi connectivity index (χ3v) is 3.75. The molecule has 108 valence electrons. The van der Waals surface area contributed by atoms with E-state index in [4.69, 9.17) is 5.26 Å². The molecule has 0 bridgehead atoms. The van der Waals surface area contributed by atoms with E-state index in [1.54, 1.807) is 0 Å². The molecular formula is C14H20F3NO. The fraction of sp³-hybridized carbons (Fsp3) is 0.857. The van der Waals surface area contributed by atoms with Crippen LogP contribution < -0.4 is 0 Å². The summed E-state index contributed by atoms with van der Waals surface area (Å²) in [5.74, 6) is -2.82. The first-order valence-corrected chi connectivity index (χ1v) is 6.75. The Labute approximate surface area is 112 Å². The highest BCUT2D eigenvalue weighted by Gasteiger charge is 2.44. The average Bonchev–Trinajstić information content (AvgIpc) is 2.34. The molecular weight excluding hydrogens is 255 g/mol. The Balaban J connectivity index is 2.69. The molecule has 0 aromatic heterocycles. The first-order valence-electron chi connectivity index (χ1n) is 6.75. The molecule has 3 unspecified atom stereocenters. The highest BCUT2D eigenvalue weighted by Crippen LogP contribution is 2.41. The van der Waals surface area contributed by atoms with Crippen LogP contribution in [-0.2, 0) is 4.79 Å². The second kappa shape index (κ2) is 6.40. The van der Waals surface area contributed by atoms with Crippen LogP contribution in [0.2, 0.25) is 0 Å². The van der Waals surface area contributed by atoms with Crippen LogP contribution in [0.1, 0.15) is 46.0 Å². The lowest BCUT2D eigenvalue weighted by Crippen LogP contribution is -2.34. The molecule has 1 rings (SSSR count). The summed E-state index contributed by atoms with van der Waals surface area (Å²) >= 11 is 0. The Bertz CT molecular complexity index is 357. The van der Waals surface area contributed by atoms with Gasteiger partial charge in [0.05, 0.1) is 12.0 Å². The van der Waals surface area contributed by atoms with Crippen LogP contribution in [-0.4, -0.2) is 12.0 Å². The Morgan fingerprint density at radius 3 is 2.47 bits per heavy atom. The number of rotatable bonds is 4. The predicted octanol–water partition coefficient (Wildman–Crippen LogP) is 4.11. The molecule has 0 aromatic carbocycles. The normalized spacial score (nSPS) is 25.9. The molecule has 1 aliphatic rings. The molecule has 5 heteroatoms. The maximum atomic E-state index is 12.7. The molecule has 19 heavy (non-hydrogen) atoms. The minimum absolute atomic E-state index is 0.106. The van der Waals surface area contributed by atoms with E-state index in [1.807, 2.05) is 19.9 Å². The Hall–Kier alpha value is -1.05. The highest BCUT2D eigenvalue weighted by molar-refractivity contribution is 5.85. The molecule has 2 nitrogen and oxygen atoms in total. The van der Waals surface area contributed by atoms with Gasteiger partial charge in [-0.3, -0.25) is 4.79 Å². The minimum atomic E-state index is -4.22. The van der Waals surface area contributed by atoms with Crippen molar-refractivity contribution in [3.05, 3.63) is 0 Å². The average molecular weight is 275 g/mol. The van der Waals surface area contributed by atoms with Gasteiger partial charge in [-0.05, 0) is 31.6 Å². The van der Waals surface area contributed by atoms with Crippen molar-refractivity contribution in [2.75, 3.05) is 0 Å². The number of nitriles is 1. The first-order chi connectivity index (χ1) is 8.75. The van der Waals surface area contributed by atoms with Gasteiger partial charge in [0.2, 0.25) is 0 Å². The fourth-order valence-corrected chi connectivity index (χ4v) is 2.73.